The Kier molecular flexibility index (Phi) is 5.68. The summed E-state index contributed by atoms with van der Waals surface area (Å²) in [6.07, 6.45) is 5.76. The van der Waals surface area contributed by atoms with E-state index in [1.807, 2.05) is 33.3 Å². The first-order valence-electron chi connectivity index (χ1n) is 8.47. The molecule has 1 atom stereocenters. The molecule has 2 rings (SSSR count). The van der Waals surface area contributed by atoms with Crippen molar-refractivity contribution in [3.63, 3.8) is 0 Å². The third kappa shape index (κ3) is 5.86. The van der Waals surface area contributed by atoms with Gasteiger partial charge in [0.05, 0.1) is 12.0 Å². The zero-order valence-corrected chi connectivity index (χ0v) is 14.9. The molecule has 1 saturated carbocycles. The summed E-state index contributed by atoms with van der Waals surface area (Å²) in [7, 11) is 0. The zero-order valence-electron chi connectivity index (χ0n) is 14.9. The first kappa shape index (κ1) is 17.8. The molecular formula is C17H30N4O2. The maximum Gasteiger partial charge on any atom is 0.407 e. The summed E-state index contributed by atoms with van der Waals surface area (Å²) < 4.78 is 7.51. The van der Waals surface area contributed by atoms with Crippen LogP contribution in [0.1, 0.15) is 59.2 Å². The molecule has 1 aliphatic carbocycles. The first-order chi connectivity index (χ1) is 10.8. The highest BCUT2D eigenvalue weighted by atomic mass is 16.6. The second kappa shape index (κ2) is 7.34. The van der Waals surface area contributed by atoms with Crippen LogP contribution in [-0.2, 0) is 11.3 Å². The van der Waals surface area contributed by atoms with Gasteiger partial charge < -0.3 is 19.9 Å². The molecule has 2 N–H and O–H groups in total. The molecule has 0 saturated heterocycles. The van der Waals surface area contributed by atoms with Crippen molar-refractivity contribution in [2.24, 2.45) is 5.92 Å². The number of alkyl carbamates (subject to hydrolysis) is 1. The van der Waals surface area contributed by atoms with E-state index in [1.165, 1.54) is 12.8 Å². The molecule has 1 heterocycles. The van der Waals surface area contributed by atoms with Crippen molar-refractivity contribution >= 4 is 6.09 Å². The van der Waals surface area contributed by atoms with Crippen molar-refractivity contribution in [2.75, 3.05) is 6.54 Å². The van der Waals surface area contributed by atoms with Gasteiger partial charge in [0.15, 0.2) is 0 Å². The number of nitrogens with zero attached hydrogens (tertiary/aromatic N) is 2. The Hall–Kier alpha value is -1.56. The number of rotatable bonds is 7. The number of aromatic nitrogens is 2. The molecular weight excluding hydrogens is 292 g/mol. The maximum absolute atomic E-state index is 12.0. The minimum atomic E-state index is -0.463. The van der Waals surface area contributed by atoms with Gasteiger partial charge in [-0.1, -0.05) is 0 Å². The van der Waals surface area contributed by atoms with Crippen LogP contribution in [0.3, 0.4) is 0 Å². The number of hydrogen-bond acceptors (Lipinski definition) is 4. The highest BCUT2D eigenvalue weighted by Crippen LogP contribution is 2.32. The van der Waals surface area contributed by atoms with Crippen LogP contribution in [0.25, 0.3) is 0 Å². The van der Waals surface area contributed by atoms with Crippen LogP contribution in [-0.4, -0.2) is 33.8 Å². The van der Waals surface area contributed by atoms with Gasteiger partial charge in [-0.3, -0.25) is 0 Å². The molecule has 0 aromatic carbocycles. The molecule has 0 aliphatic heterocycles. The molecule has 1 fully saturated rings. The summed E-state index contributed by atoms with van der Waals surface area (Å²) in [5.74, 6) is 0.560. The van der Waals surface area contributed by atoms with Gasteiger partial charge in [-0.2, -0.15) is 0 Å². The van der Waals surface area contributed by atoms with E-state index in [0.717, 1.165) is 18.8 Å². The van der Waals surface area contributed by atoms with Gasteiger partial charge in [-0.25, -0.2) is 9.78 Å². The van der Waals surface area contributed by atoms with E-state index >= 15 is 0 Å². The van der Waals surface area contributed by atoms with Crippen LogP contribution in [0.5, 0.6) is 0 Å². The lowest BCUT2D eigenvalue weighted by molar-refractivity contribution is 0.0497. The summed E-state index contributed by atoms with van der Waals surface area (Å²) in [4.78, 5) is 16.2. The maximum atomic E-state index is 12.0. The van der Waals surface area contributed by atoms with Crippen molar-refractivity contribution in [2.45, 2.75) is 71.7 Å². The molecule has 6 heteroatoms. The summed E-state index contributed by atoms with van der Waals surface area (Å²) in [5.41, 5.74) is 0.696. The number of imidazole rings is 1. The summed E-state index contributed by atoms with van der Waals surface area (Å²) in [5, 5.41) is 6.45. The number of ether oxygens (including phenoxy) is 1. The molecule has 1 amide bonds. The molecule has 1 unspecified atom stereocenters. The quantitative estimate of drug-likeness (QED) is 0.810. The minimum Gasteiger partial charge on any atom is -0.444 e. The normalized spacial score (nSPS) is 16.4. The fraction of sp³-hybridized carbons (Fsp3) is 0.765. The zero-order chi connectivity index (χ0) is 17.0. The summed E-state index contributed by atoms with van der Waals surface area (Å²) >= 11 is 0. The van der Waals surface area contributed by atoms with E-state index in [2.05, 4.69) is 34.0 Å². The first-order valence-corrected chi connectivity index (χ1v) is 8.47. The molecule has 0 bridgehead atoms. The fourth-order valence-electron chi connectivity index (χ4n) is 2.58. The molecule has 130 valence electrons. The Labute approximate surface area is 139 Å². The van der Waals surface area contributed by atoms with E-state index in [0.29, 0.717) is 12.0 Å². The van der Waals surface area contributed by atoms with E-state index in [9.17, 15) is 4.79 Å². The van der Waals surface area contributed by atoms with E-state index < -0.39 is 5.60 Å². The lowest BCUT2D eigenvalue weighted by Crippen LogP contribution is -2.45. The molecule has 1 aliphatic rings. The number of hydrogen-bond donors (Lipinski definition) is 2. The largest absolute Gasteiger partial charge is 0.444 e. The average Bonchev–Trinajstić information content (AvgIpc) is 3.14. The summed E-state index contributed by atoms with van der Waals surface area (Å²) in [6.45, 7) is 11.4. The van der Waals surface area contributed by atoms with Gasteiger partial charge in [0, 0.05) is 31.4 Å². The van der Waals surface area contributed by atoms with Crippen LogP contribution in [0, 0.1) is 5.92 Å². The lowest BCUT2D eigenvalue weighted by Gasteiger charge is -2.24. The van der Waals surface area contributed by atoms with Crippen LogP contribution in [0.2, 0.25) is 0 Å². The van der Waals surface area contributed by atoms with Crippen molar-refractivity contribution in [1.29, 1.82) is 0 Å². The van der Waals surface area contributed by atoms with Gasteiger partial charge in [-0.05, 0) is 53.4 Å². The highest BCUT2D eigenvalue weighted by Gasteiger charge is 2.33. The molecule has 1 aromatic heterocycles. The van der Waals surface area contributed by atoms with E-state index in [4.69, 9.17) is 4.74 Å². The highest BCUT2D eigenvalue weighted by molar-refractivity contribution is 5.68. The van der Waals surface area contributed by atoms with Gasteiger partial charge in [0.2, 0.25) is 0 Å². The Bertz CT molecular complexity index is 515. The molecule has 0 spiro atoms. The Morgan fingerprint density at radius 2 is 2.13 bits per heavy atom. The van der Waals surface area contributed by atoms with Crippen LogP contribution in [0.4, 0.5) is 4.79 Å². The molecule has 1 aromatic rings. The van der Waals surface area contributed by atoms with Crippen molar-refractivity contribution in [1.82, 2.24) is 20.2 Å². The van der Waals surface area contributed by atoms with Gasteiger partial charge >= 0.3 is 6.09 Å². The van der Waals surface area contributed by atoms with E-state index in [1.54, 1.807) is 0 Å². The predicted molar refractivity (Wildman–Crippen MR) is 90.2 cm³/mol. The average molecular weight is 322 g/mol. The molecule has 0 radical (unpaired) electrons. The van der Waals surface area contributed by atoms with Crippen molar-refractivity contribution in [3.05, 3.63) is 18.2 Å². The van der Waals surface area contributed by atoms with Crippen molar-refractivity contribution < 1.29 is 9.53 Å². The topological polar surface area (TPSA) is 68.2 Å². The number of amides is 1. The molecule has 6 nitrogen and oxygen atoms in total. The van der Waals surface area contributed by atoms with Crippen molar-refractivity contribution in [3.8, 4) is 0 Å². The second-order valence-electron chi connectivity index (χ2n) is 7.61. The Morgan fingerprint density at radius 3 is 2.70 bits per heavy atom. The van der Waals surface area contributed by atoms with Gasteiger partial charge in [0.1, 0.15) is 5.60 Å². The molecule has 23 heavy (non-hydrogen) atoms. The third-order valence-electron chi connectivity index (χ3n) is 3.87. The monoisotopic (exact) mass is 322 g/mol. The summed E-state index contributed by atoms with van der Waals surface area (Å²) in [6, 6.07) is 0.522. The lowest BCUT2D eigenvalue weighted by atomic mass is 10.2. The standard InChI is InChI=1S/C17H30N4O2/c1-12(2)21-11-19-9-14(21)8-18-10-15(13-6-7-13)20-16(22)23-17(3,4)5/h9,11-13,15,18H,6-8,10H2,1-5H3,(H,20,22). The minimum absolute atomic E-state index is 0.125. The Balaban J connectivity index is 1.81. The SMILES string of the molecule is CC(C)n1cncc1CNCC(NC(=O)OC(C)(C)C)C1CC1. The smallest absolute Gasteiger partial charge is 0.407 e. The predicted octanol–water partition coefficient (Wildman–Crippen LogP) is 2.86. The third-order valence-corrected chi connectivity index (χ3v) is 3.87. The van der Waals surface area contributed by atoms with E-state index in [-0.39, 0.29) is 12.1 Å². The van der Waals surface area contributed by atoms with Crippen LogP contribution in [0.15, 0.2) is 12.5 Å². The fourth-order valence-corrected chi connectivity index (χ4v) is 2.58. The van der Waals surface area contributed by atoms with Gasteiger partial charge in [0.25, 0.3) is 0 Å². The Morgan fingerprint density at radius 1 is 1.43 bits per heavy atom. The van der Waals surface area contributed by atoms with Gasteiger partial charge in [-0.15, -0.1) is 0 Å². The number of carbonyl (C=O) groups is 1. The van der Waals surface area contributed by atoms with Crippen LogP contribution < -0.4 is 10.6 Å². The number of nitrogens with one attached hydrogen (secondary N) is 2. The number of carbonyl (C=O) groups excluding carboxylic acids is 1. The second-order valence-corrected chi connectivity index (χ2v) is 7.61. The van der Waals surface area contributed by atoms with Crippen LogP contribution >= 0.6 is 0 Å².